The van der Waals surface area contributed by atoms with Gasteiger partial charge in [-0.15, -0.1) is 11.3 Å². The molecule has 1 atom stereocenters. The standard InChI is InChI=1S/C15H13NO4S/c17-14(12-3-1-6-20-12)16-10-15(18,11-5-7-19-9-11)13-4-2-8-21-13/h1-9,18H,10H2,(H,16,17). The molecule has 21 heavy (non-hydrogen) atoms. The van der Waals surface area contributed by atoms with Gasteiger partial charge in [-0.25, -0.2) is 0 Å². The molecule has 3 rings (SSSR count). The van der Waals surface area contributed by atoms with Crippen molar-refractivity contribution in [3.8, 4) is 0 Å². The summed E-state index contributed by atoms with van der Waals surface area (Å²) in [5, 5.41) is 15.5. The molecular formula is C15H13NO4S. The Morgan fingerprint density at radius 2 is 2.19 bits per heavy atom. The van der Waals surface area contributed by atoms with E-state index in [9.17, 15) is 9.90 Å². The Bertz CT molecular complexity index is 652. The van der Waals surface area contributed by atoms with Crippen LogP contribution in [0.5, 0.6) is 0 Å². The van der Waals surface area contributed by atoms with Crippen molar-refractivity contribution in [2.75, 3.05) is 6.54 Å². The largest absolute Gasteiger partial charge is 0.472 e. The molecule has 108 valence electrons. The van der Waals surface area contributed by atoms with Crippen LogP contribution in [0.4, 0.5) is 0 Å². The average molecular weight is 303 g/mol. The first-order valence-electron chi connectivity index (χ1n) is 6.31. The lowest BCUT2D eigenvalue weighted by Crippen LogP contribution is -2.40. The van der Waals surface area contributed by atoms with Gasteiger partial charge in [-0.2, -0.15) is 0 Å². The van der Waals surface area contributed by atoms with Crippen LogP contribution < -0.4 is 5.32 Å². The molecule has 0 aliphatic heterocycles. The van der Waals surface area contributed by atoms with E-state index >= 15 is 0 Å². The molecule has 1 amide bonds. The molecule has 0 aliphatic carbocycles. The quantitative estimate of drug-likeness (QED) is 0.759. The zero-order chi connectivity index (χ0) is 14.7. The first kappa shape index (κ1) is 13.7. The van der Waals surface area contributed by atoms with Crippen molar-refractivity contribution in [2.45, 2.75) is 5.60 Å². The summed E-state index contributed by atoms with van der Waals surface area (Å²) < 4.78 is 10.1. The number of nitrogens with one attached hydrogen (secondary N) is 1. The predicted molar refractivity (Wildman–Crippen MR) is 77.1 cm³/mol. The van der Waals surface area contributed by atoms with Gasteiger partial charge in [-0.1, -0.05) is 6.07 Å². The molecule has 3 heterocycles. The maximum atomic E-state index is 12.0. The van der Waals surface area contributed by atoms with Crippen LogP contribution in [0.25, 0.3) is 0 Å². The Balaban J connectivity index is 1.83. The number of thiophene rings is 1. The second-order valence-electron chi connectivity index (χ2n) is 4.51. The maximum absolute atomic E-state index is 12.0. The Hall–Kier alpha value is -2.31. The number of hydrogen-bond donors (Lipinski definition) is 2. The second kappa shape index (κ2) is 5.59. The van der Waals surface area contributed by atoms with Crippen LogP contribution in [-0.4, -0.2) is 17.6 Å². The monoisotopic (exact) mass is 303 g/mol. The van der Waals surface area contributed by atoms with Gasteiger partial charge in [0, 0.05) is 10.4 Å². The molecule has 1 unspecified atom stereocenters. The zero-order valence-corrected chi connectivity index (χ0v) is 11.8. The fourth-order valence-corrected chi connectivity index (χ4v) is 2.89. The SMILES string of the molecule is O=C(NCC(O)(c1ccoc1)c1cccs1)c1ccco1. The molecule has 3 aromatic rings. The highest BCUT2D eigenvalue weighted by Gasteiger charge is 2.34. The minimum absolute atomic E-state index is 0.0204. The summed E-state index contributed by atoms with van der Waals surface area (Å²) in [6.07, 6.45) is 4.39. The zero-order valence-electron chi connectivity index (χ0n) is 11.0. The van der Waals surface area contributed by atoms with Crippen LogP contribution in [0.3, 0.4) is 0 Å². The van der Waals surface area contributed by atoms with Crippen LogP contribution in [-0.2, 0) is 5.60 Å². The van der Waals surface area contributed by atoms with Crippen molar-refractivity contribution < 1.29 is 18.7 Å². The molecular weight excluding hydrogens is 290 g/mol. The number of amides is 1. The van der Waals surface area contributed by atoms with Gasteiger partial charge in [0.15, 0.2) is 5.76 Å². The number of hydrogen-bond acceptors (Lipinski definition) is 5. The summed E-state index contributed by atoms with van der Waals surface area (Å²) in [7, 11) is 0. The highest BCUT2D eigenvalue weighted by atomic mass is 32.1. The second-order valence-corrected chi connectivity index (χ2v) is 5.46. The third-order valence-electron chi connectivity index (χ3n) is 3.18. The van der Waals surface area contributed by atoms with Crippen molar-refractivity contribution >= 4 is 17.2 Å². The van der Waals surface area contributed by atoms with E-state index in [1.54, 1.807) is 18.2 Å². The van der Waals surface area contributed by atoms with Gasteiger partial charge < -0.3 is 19.3 Å². The first-order chi connectivity index (χ1) is 10.2. The summed E-state index contributed by atoms with van der Waals surface area (Å²) in [6.45, 7) is 0.0204. The lowest BCUT2D eigenvalue weighted by atomic mass is 9.94. The Labute approximate surface area is 124 Å². The molecule has 0 aliphatic rings. The Kier molecular flexibility index (Phi) is 3.64. The molecule has 0 spiro atoms. The molecule has 0 radical (unpaired) electrons. The molecule has 5 nitrogen and oxygen atoms in total. The Morgan fingerprint density at radius 1 is 1.29 bits per heavy atom. The van der Waals surface area contributed by atoms with Crippen LogP contribution in [0.2, 0.25) is 0 Å². The number of furan rings is 2. The van der Waals surface area contributed by atoms with Gasteiger partial charge in [-0.3, -0.25) is 4.79 Å². The predicted octanol–water partition coefficient (Wildman–Crippen LogP) is 2.60. The lowest BCUT2D eigenvalue weighted by Gasteiger charge is -2.26. The van der Waals surface area contributed by atoms with Crippen LogP contribution >= 0.6 is 11.3 Å². The summed E-state index contributed by atoms with van der Waals surface area (Å²) in [4.78, 5) is 12.7. The van der Waals surface area contributed by atoms with Crippen molar-refractivity contribution in [2.24, 2.45) is 0 Å². The molecule has 3 aromatic heterocycles. The first-order valence-corrected chi connectivity index (χ1v) is 7.19. The third-order valence-corrected chi connectivity index (χ3v) is 4.20. The van der Waals surface area contributed by atoms with Gasteiger partial charge in [-0.05, 0) is 29.6 Å². The van der Waals surface area contributed by atoms with Gasteiger partial charge in [0.25, 0.3) is 5.91 Å². The minimum Gasteiger partial charge on any atom is -0.472 e. The number of aliphatic hydroxyl groups is 1. The van der Waals surface area contributed by atoms with E-state index < -0.39 is 5.60 Å². The van der Waals surface area contributed by atoms with Gasteiger partial charge in [0.2, 0.25) is 0 Å². The Morgan fingerprint density at radius 3 is 2.81 bits per heavy atom. The summed E-state index contributed by atoms with van der Waals surface area (Å²) in [5.41, 5.74) is -0.742. The van der Waals surface area contributed by atoms with E-state index in [-0.39, 0.29) is 18.2 Å². The minimum atomic E-state index is -1.33. The van der Waals surface area contributed by atoms with E-state index in [1.165, 1.54) is 30.1 Å². The maximum Gasteiger partial charge on any atom is 0.287 e. The lowest BCUT2D eigenvalue weighted by molar-refractivity contribution is 0.0699. The third kappa shape index (κ3) is 2.63. The van der Waals surface area contributed by atoms with Crippen molar-refractivity contribution in [1.82, 2.24) is 5.32 Å². The van der Waals surface area contributed by atoms with E-state index in [0.717, 1.165) is 4.88 Å². The normalized spacial score (nSPS) is 13.8. The smallest absolute Gasteiger partial charge is 0.287 e. The van der Waals surface area contributed by atoms with Crippen molar-refractivity contribution in [3.63, 3.8) is 0 Å². The van der Waals surface area contributed by atoms with Gasteiger partial charge >= 0.3 is 0 Å². The summed E-state index contributed by atoms with van der Waals surface area (Å²) >= 11 is 1.41. The van der Waals surface area contributed by atoms with Crippen LogP contribution in [0.15, 0.2) is 63.3 Å². The fourth-order valence-electron chi connectivity index (χ4n) is 2.05. The van der Waals surface area contributed by atoms with Gasteiger partial charge in [0.05, 0.1) is 25.3 Å². The number of carbonyl (C=O) groups excluding carboxylic acids is 1. The number of carbonyl (C=O) groups is 1. The highest BCUT2D eigenvalue weighted by Crippen LogP contribution is 2.32. The van der Waals surface area contributed by atoms with Crippen LogP contribution in [0, 0.1) is 0 Å². The summed E-state index contributed by atoms with van der Waals surface area (Å²) in [6, 6.07) is 8.54. The highest BCUT2D eigenvalue weighted by molar-refractivity contribution is 7.10. The number of rotatable bonds is 5. The van der Waals surface area contributed by atoms with Crippen molar-refractivity contribution in [1.29, 1.82) is 0 Å². The summed E-state index contributed by atoms with van der Waals surface area (Å²) in [5.74, 6) is -0.172. The molecule has 6 heteroatoms. The van der Waals surface area contributed by atoms with E-state index in [1.807, 2.05) is 17.5 Å². The molecule has 0 fully saturated rings. The fraction of sp³-hybridized carbons (Fsp3) is 0.133. The molecule has 0 saturated carbocycles. The van der Waals surface area contributed by atoms with Crippen LogP contribution in [0.1, 0.15) is 21.0 Å². The molecule has 2 N–H and O–H groups in total. The van der Waals surface area contributed by atoms with E-state index in [4.69, 9.17) is 8.83 Å². The molecule has 0 saturated heterocycles. The average Bonchev–Trinajstić information content (AvgIpc) is 3.27. The molecule has 0 aromatic carbocycles. The molecule has 0 bridgehead atoms. The van der Waals surface area contributed by atoms with Gasteiger partial charge in [0.1, 0.15) is 5.60 Å². The van der Waals surface area contributed by atoms with E-state index in [2.05, 4.69) is 5.32 Å². The topological polar surface area (TPSA) is 75.6 Å². The van der Waals surface area contributed by atoms with Crippen molar-refractivity contribution in [3.05, 3.63) is 70.7 Å². The van der Waals surface area contributed by atoms with E-state index in [0.29, 0.717) is 5.56 Å².